The van der Waals surface area contributed by atoms with E-state index in [9.17, 15) is 14.7 Å². The molecule has 3 unspecified atom stereocenters. The van der Waals surface area contributed by atoms with Crippen LogP contribution in [0.25, 0.3) is 0 Å². The van der Waals surface area contributed by atoms with Crippen LogP contribution in [0.3, 0.4) is 0 Å². The summed E-state index contributed by atoms with van der Waals surface area (Å²) in [5, 5.41) is 11.1. The van der Waals surface area contributed by atoms with Crippen molar-refractivity contribution < 1.29 is 14.7 Å². The van der Waals surface area contributed by atoms with Gasteiger partial charge in [0.1, 0.15) is 11.9 Å². The number of Topliss-reactive ketones (excluding diaryl/α,β-unsaturated/α-hetero) is 1. The van der Waals surface area contributed by atoms with Crippen molar-refractivity contribution in [2.45, 2.75) is 77.7 Å². The second-order valence-electron chi connectivity index (χ2n) is 8.10. The third-order valence-corrected chi connectivity index (χ3v) is 6.98. The van der Waals surface area contributed by atoms with Gasteiger partial charge in [0.05, 0.1) is 5.88 Å². The van der Waals surface area contributed by atoms with Crippen molar-refractivity contribution >= 4 is 23.7 Å². The molecule has 0 radical (unpaired) electrons. The lowest BCUT2D eigenvalue weighted by molar-refractivity contribution is -0.141. The van der Waals surface area contributed by atoms with Gasteiger partial charge < -0.3 is 9.90 Å². The molecule has 26 heavy (non-hydrogen) atoms. The van der Waals surface area contributed by atoms with Crippen LogP contribution >= 0.6 is 11.6 Å². The van der Waals surface area contributed by atoms with Gasteiger partial charge in [0, 0.05) is 6.42 Å². The minimum absolute atomic E-state index is 0.115. The number of aldehydes is 1. The van der Waals surface area contributed by atoms with Crippen LogP contribution in [-0.4, -0.2) is 28.7 Å². The third kappa shape index (κ3) is 4.31. The van der Waals surface area contributed by atoms with Crippen molar-refractivity contribution in [2.24, 2.45) is 17.8 Å². The Hall–Kier alpha value is -0.930. The number of carbonyl (C=O) groups is 2. The summed E-state index contributed by atoms with van der Waals surface area (Å²) in [6.45, 7) is 6.29. The van der Waals surface area contributed by atoms with Crippen LogP contribution in [-0.2, 0) is 9.59 Å². The average Bonchev–Trinajstić information content (AvgIpc) is 2.70. The number of fused-ring (bicyclic) bond motifs is 1. The highest BCUT2D eigenvalue weighted by molar-refractivity contribution is 6.28. The Morgan fingerprint density at radius 3 is 2.62 bits per heavy atom. The fourth-order valence-corrected chi connectivity index (χ4v) is 5.14. The van der Waals surface area contributed by atoms with Gasteiger partial charge in [0.15, 0.2) is 5.78 Å². The fraction of sp³-hybridized carbons (Fsp3) is 0.727. The molecule has 1 N–H and O–H groups in total. The fourth-order valence-electron chi connectivity index (χ4n) is 4.91. The van der Waals surface area contributed by atoms with Gasteiger partial charge in [-0.3, -0.25) is 4.79 Å². The number of allylic oxidation sites excluding steroid dienone is 4. The molecule has 0 aromatic rings. The van der Waals surface area contributed by atoms with E-state index < -0.39 is 5.60 Å². The van der Waals surface area contributed by atoms with E-state index in [1.807, 2.05) is 6.92 Å². The van der Waals surface area contributed by atoms with E-state index in [-0.39, 0.29) is 17.6 Å². The highest BCUT2D eigenvalue weighted by atomic mass is 35.5. The monoisotopic (exact) mass is 380 g/mol. The molecule has 0 aromatic carbocycles. The number of hydrogen-bond donors (Lipinski definition) is 1. The Bertz CT molecular complexity index is 592. The Morgan fingerprint density at radius 2 is 2.00 bits per heavy atom. The molecule has 1 fully saturated rings. The Morgan fingerprint density at radius 1 is 1.27 bits per heavy atom. The van der Waals surface area contributed by atoms with Crippen LogP contribution in [0.1, 0.15) is 72.1 Å². The predicted octanol–water partition coefficient (Wildman–Crippen LogP) is 5.00. The maximum Gasteiger partial charge on any atom is 0.179 e. The molecule has 0 aromatic heterocycles. The van der Waals surface area contributed by atoms with E-state index in [0.29, 0.717) is 24.7 Å². The standard InChI is InChI=1S/C22H33ClO3/c1-4-17-8-10-18-15(2)11-12-22(26,21(25)14-23)16(3)7-9-20(18)19(17)6-5-13-24/h4,13,15-16,18,26H,5-12,14H2,1-3H3/b17-4-/t15?,16?,18?,22-/m1/s1. The zero-order valence-corrected chi connectivity index (χ0v) is 17.1. The van der Waals surface area contributed by atoms with Crippen molar-refractivity contribution in [1.29, 1.82) is 0 Å². The maximum absolute atomic E-state index is 12.4. The smallest absolute Gasteiger partial charge is 0.179 e. The summed E-state index contributed by atoms with van der Waals surface area (Å²) >= 11 is 5.79. The van der Waals surface area contributed by atoms with Crippen molar-refractivity contribution in [3.63, 3.8) is 0 Å². The van der Waals surface area contributed by atoms with Gasteiger partial charge in [-0.15, -0.1) is 11.6 Å². The van der Waals surface area contributed by atoms with Gasteiger partial charge in [-0.25, -0.2) is 0 Å². The first-order valence-electron chi connectivity index (χ1n) is 10.0. The SMILES string of the molecule is C/C=C1/CCC2C(=C1CCC=O)CCC(C)[C@@](O)(C(=O)CCl)CCC2C. The number of hydrogen-bond acceptors (Lipinski definition) is 3. The topological polar surface area (TPSA) is 54.4 Å². The minimum Gasteiger partial charge on any atom is -0.382 e. The molecule has 1 saturated carbocycles. The van der Waals surface area contributed by atoms with Gasteiger partial charge in [0.25, 0.3) is 0 Å². The van der Waals surface area contributed by atoms with Crippen LogP contribution < -0.4 is 0 Å². The number of ketones is 1. The average molecular weight is 381 g/mol. The molecule has 146 valence electrons. The molecule has 3 nitrogen and oxygen atoms in total. The van der Waals surface area contributed by atoms with E-state index in [2.05, 4.69) is 19.9 Å². The summed E-state index contributed by atoms with van der Waals surface area (Å²) in [6.07, 6.45) is 9.72. The molecule has 4 heteroatoms. The van der Waals surface area contributed by atoms with Gasteiger partial charge in [-0.2, -0.15) is 0 Å². The molecule has 2 aliphatic carbocycles. The lowest BCUT2D eigenvalue weighted by Crippen LogP contribution is -2.45. The molecule has 0 saturated heterocycles. The summed E-state index contributed by atoms with van der Waals surface area (Å²) in [4.78, 5) is 23.3. The van der Waals surface area contributed by atoms with Gasteiger partial charge >= 0.3 is 0 Å². The zero-order valence-electron chi connectivity index (χ0n) is 16.4. The molecule has 0 heterocycles. The van der Waals surface area contributed by atoms with Crippen LogP contribution in [0.15, 0.2) is 22.8 Å². The molecule has 0 bridgehead atoms. The third-order valence-electron chi connectivity index (χ3n) is 6.74. The van der Waals surface area contributed by atoms with Crippen LogP contribution in [0, 0.1) is 17.8 Å². The number of aliphatic hydroxyl groups is 1. The summed E-state index contributed by atoms with van der Waals surface area (Å²) in [5.41, 5.74) is 2.90. The molecule has 2 aliphatic rings. The number of carbonyl (C=O) groups excluding carboxylic acids is 2. The predicted molar refractivity (Wildman–Crippen MR) is 106 cm³/mol. The molecule has 0 amide bonds. The summed E-state index contributed by atoms with van der Waals surface area (Å²) in [7, 11) is 0. The molecule has 0 spiro atoms. The first kappa shape index (κ1) is 21.4. The van der Waals surface area contributed by atoms with Crippen molar-refractivity contribution in [1.82, 2.24) is 0 Å². The molecule has 2 rings (SSSR count). The van der Waals surface area contributed by atoms with E-state index in [0.717, 1.165) is 44.8 Å². The molecular weight excluding hydrogens is 348 g/mol. The van der Waals surface area contributed by atoms with Gasteiger partial charge in [0.2, 0.25) is 0 Å². The zero-order chi connectivity index (χ0) is 19.3. The normalized spacial score (nSPS) is 34.7. The number of alkyl halides is 1. The van der Waals surface area contributed by atoms with E-state index in [4.69, 9.17) is 11.6 Å². The Balaban J connectivity index is 2.41. The second kappa shape index (κ2) is 9.32. The summed E-state index contributed by atoms with van der Waals surface area (Å²) in [6, 6.07) is 0. The van der Waals surface area contributed by atoms with Gasteiger partial charge in [-0.1, -0.05) is 25.5 Å². The van der Waals surface area contributed by atoms with E-state index >= 15 is 0 Å². The van der Waals surface area contributed by atoms with E-state index in [1.54, 1.807) is 0 Å². The van der Waals surface area contributed by atoms with Gasteiger partial charge in [-0.05, 0) is 80.8 Å². The second-order valence-corrected chi connectivity index (χ2v) is 8.37. The quantitative estimate of drug-likeness (QED) is 0.539. The first-order chi connectivity index (χ1) is 12.4. The number of rotatable bonds is 5. The number of halogens is 1. The molecular formula is C22H33ClO3. The lowest BCUT2D eigenvalue weighted by atomic mass is 9.71. The molecule has 0 aliphatic heterocycles. The minimum atomic E-state index is -1.31. The van der Waals surface area contributed by atoms with Crippen molar-refractivity contribution in [3.8, 4) is 0 Å². The highest BCUT2D eigenvalue weighted by Crippen LogP contribution is 2.46. The first-order valence-corrected chi connectivity index (χ1v) is 10.5. The van der Waals surface area contributed by atoms with E-state index in [1.165, 1.54) is 16.7 Å². The highest BCUT2D eigenvalue weighted by Gasteiger charge is 2.42. The summed E-state index contributed by atoms with van der Waals surface area (Å²) < 4.78 is 0. The van der Waals surface area contributed by atoms with Crippen molar-refractivity contribution in [3.05, 3.63) is 22.8 Å². The summed E-state index contributed by atoms with van der Waals surface area (Å²) in [5.74, 6) is 0.411. The van der Waals surface area contributed by atoms with Crippen LogP contribution in [0.5, 0.6) is 0 Å². The Kier molecular flexibility index (Phi) is 7.66. The van der Waals surface area contributed by atoms with Crippen LogP contribution in [0.2, 0.25) is 0 Å². The maximum atomic E-state index is 12.4. The Labute approximate surface area is 162 Å². The van der Waals surface area contributed by atoms with Crippen molar-refractivity contribution in [2.75, 3.05) is 5.88 Å². The van der Waals surface area contributed by atoms with Crippen LogP contribution in [0.4, 0.5) is 0 Å². The lowest BCUT2D eigenvalue weighted by Gasteiger charge is -2.34. The largest absolute Gasteiger partial charge is 0.382 e. The molecule has 4 atom stereocenters.